The second-order valence-electron chi connectivity index (χ2n) is 3.66. The van der Waals surface area contributed by atoms with Crippen LogP contribution in [0.15, 0.2) is 24.3 Å². The van der Waals surface area contributed by atoms with E-state index in [2.05, 4.69) is 25.4 Å². The van der Waals surface area contributed by atoms with Gasteiger partial charge in [0.05, 0.1) is 19.4 Å². The molecule has 7 heteroatoms. The highest BCUT2D eigenvalue weighted by Crippen LogP contribution is 2.27. The van der Waals surface area contributed by atoms with Crippen LogP contribution in [0.25, 0.3) is 0 Å². The van der Waals surface area contributed by atoms with Crippen molar-refractivity contribution in [2.24, 2.45) is 0 Å². The van der Waals surface area contributed by atoms with Crippen LogP contribution >= 0.6 is 11.6 Å². The van der Waals surface area contributed by atoms with Gasteiger partial charge in [0.1, 0.15) is 0 Å². The van der Waals surface area contributed by atoms with Crippen molar-refractivity contribution in [2.45, 2.75) is 12.3 Å². The van der Waals surface area contributed by atoms with Gasteiger partial charge in [0, 0.05) is 5.02 Å². The van der Waals surface area contributed by atoms with Crippen molar-refractivity contribution < 1.29 is 9.53 Å². The maximum atomic E-state index is 11.4. The third-order valence-electron chi connectivity index (χ3n) is 2.52. The van der Waals surface area contributed by atoms with Gasteiger partial charge in [-0.3, -0.25) is 4.79 Å². The number of hydrogen-bond donors (Lipinski definition) is 1. The van der Waals surface area contributed by atoms with Gasteiger partial charge in [0.25, 0.3) is 0 Å². The Morgan fingerprint density at radius 3 is 3.00 bits per heavy atom. The first-order valence-corrected chi connectivity index (χ1v) is 5.64. The third kappa shape index (κ3) is 2.84. The van der Waals surface area contributed by atoms with Gasteiger partial charge in [-0.15, -0.1) is 10.2 Å². The molecule has 0 bridgehead atoms. The van der Waals surface area contributed by atoms with E-state index in [-0.39, 0.29) is 18.3 Å². The molecule has 0 aliphatic rings. The number of carbonyl (C=O) groups is 1. The van der Waals surface area contributed by atoms with Gasteiger partial charge in [-0.25, -0.2) is 0 Å². The Bertz CT molecular complexity index is 530. The number of aromatic amines is 1. The maximum absolute atomic E-state index is 11.4. The molecule has 0 saturated carbocycles. The summed E-state index contributed by atoms with van der Waals surface area (Å²) >= 11 is 5.94. The Morgan fingerprint density at radius 1 is 1.56 bits per heavy atom. The highest BCUT2D eigenvalue weighted by Gasteiger charge is 2.22. The summed E-state index contributed by atoms with van der Waals surface area (Å²) in [5.41, 5.74) is 0.842. The minimum absolute atomic E-state index is 0.135. The van der Waals surface area contributed by atoms with Crippen molar-refractivity contribution in [3.8, 4) is 0 Å². The lowest BCUT2D eigenvalue weighted by atomic mass is 9.95. The number of ether oxygens (including phenoxy) is 1. The molecule has 0 spiro atoms. The van der Waals surface area contributed by atoms with Gasteiger partial charge in [-0.1, -0.05) is 28.9 Å². The molecule has 0 saturated heterocycles. The highest BCUT2D eigenvalue weighted by molar-refractivity contribution is 6.30. The molecule has 1 atom stereocenters. The van der Waals surface area contributed by atoms with Crippen LogP contribution in [0.5, 0.6) is 0 Å². The summed E-state index contributed by atoms with van der Waals surface area (Å²) in [6.07, 6.45) is 0.135. The van der Waals surface area contributed by atoms with Crippen LogP contribution in [0.4, 0.5) is 0 Å². The molecular weight excluding hydrogens is 256 g/mol. The number of carbonyl (C=O) groups excluding carboxylic acids is 1. The number of nitrogens with one attached hydrogen (secondary N) is 1. The number of benzene rings is 1. The fourth-order valence-electron chi connectivity index (χ4n) is 1.65. The van der Waals surface area contributed by atoms with Crippen molar-refractivity contribution in [3.05, 3.63) is 40.7 Å². The second kappa shape index (κ2) is 5.59. The first-order valence-electron chi connectivity index (χ1n) is 5.26. The van der Waals surface area contributed by atoms with Crippen LogP contribution in [0.1, 0.15) is 23.7 Å². The van der Waals surface area contributed by atoms with Crippen LogP contribution in [0.2, 0.25) is 5.02 Å². The Hall–Kier alpha value is -1.95. The van der Waals surface area contributed by atoms with Crippen LogP contribution in [0.3, 0.4) is 0 Å². The predicted octanol–water partition coefficient (Wildman–Crippen LogP) is 1.55. The van der Waals surface area contributed by atoms with Gasteiger partial charge in [0.2, 0.25) is 0 Å². The van der Waals surface area contributed by atoms with Crippen LogP contribution in [-0.2, 0) is 9.53 Å². The molecule has 0 aliphatic heterocycles. The number of hydrogen-bond acceptors (Lipinski definition) is 5. The third-order valence-corrected chi connectivity index (χ3v) is 2.76. The summed E-state index contributed by atoms with van der Waals surface area (Å²) in [7, 11) is 1.34. The molecule has 1 aromatic heterocycles. The minimum Gasteiger partial charge on any atom is -0.469 e. The lowest BCUT2D eigenvalue weighted by molar-refractivity contribution is -0.140. The van der Waals surface area contributed by atoms with Crippen molar-refractivity contribution in [1.82, 2.24) is 20.6 Å². The van der Waals surface area contributed by atoms with Gasteiger partial charge < -0.3 is 4.74 Å². The number of nitrogens with zero attached hydrogens (tertiary/aromatic N) is 3. The summed E-state index contributed by atoms with van der Waals surface area (Å²) in [5, 5.41) is 14.3. The summed E-state index contributed by atoms with van der Waals surface area (Å²) in [4.78, 5) is 11.4. The smallest absolute Gasteiger partial charge is 0.306 e. The summed E-state index contributed by atoms with van der Waals surface area (Å²) in [5.74, 6) is -0.234. The fraction of sp³-hybridized carbons (Fsp3) is 0.273. The Kier molecular flexibility index (Phi) is 3.88. The van der Waals surface area contributed by atoms with E-state index in [1.165, 1.54) is 7.11 Å². The molecule has 2 aromatic rings. The predicted molar refractivity (Wildman–Crippen MR) is 64.1 cm³/mol. The fourth-order valence-corrected chi connectivity index (χ4v) is 1.85. The summed E-state index contributed by atoms with van der Waals surface area (Å²) < 4.78 is 4.67. The number of halogens is 1. The number of methoxy groups -OCH3 is 1. The SMILES string of the molecule is COC(=O)CC(c1cccc(Cl)c1)c1nn[nH]n1. The van der Waals surface area contributed by atoms with Crippen LogP contribution in [0, 0.1) is 0 Å². The minimum atomic E-state index is -0.343. The van der Waals surface area contributed by atoms with Gasteiger partial charge in [-0.2, -0.15) is 5.21 Å². The molecule has 1 aromatic carbocycles. The normalized spacial score (nSPS) is 12.1. The molecule has 1 N–H and O–H groups in total. The number of tetrazole rings is 1. The Morgan fingerprint density at radius 2 is 2.39 bits per heavy atom. The van der Waals surface area contributed by atoms with E-state index in [9.17, 15) is 4.79 Å². The first-order chi connectivity index (χ1) is 8.70. The first kappa shape index (κ1) is 12.5. The molecule has 0 amide bonds. The second-order valence-corrected chi connectivity index (χ2v) is 4.09. The van der Waals surface area contributed by atoms with E-state index in [0.29, 0.717) is 10.8 Å². The quantitative estimate of drug-likeness (QED) is 0.849. The van der Waals surface area contributed by atoms with E-state index >= 15 is 0 Å². The molecule has 1 heterocycles. The molecule has 94 valence electrons. The van der Waals surface area contributed by atoms with Crippen LogP contribution in [-0.4, -0.2) is 33.7 Å². The Balaban J connectivity index is 2.33. The van der Waals surface area contributed by atoms with E-state index in [1.807, 2.05) is 12.1 Å². The largest absolute Gasteiger partial charge is 0.469 e. The summed E-state index contributed by atoms with van der Waals surface area (Å²) in [6, 6.07) is 7.19. The average molecular weight is 267 g/mol. The van der Waals surface area contributed by atoms with Gasteiger partial charge in [0.15, 0.2) is 5.82 Å². The van der Waals surface area contributed by atoms with E-state index < -0.39 is 0 Å². The number of rotatable bonds is 4. The van der Waals surface area contributed by atoms with Gasteiger partial charge in [-0.05, 0) is 17.7 Å². The molecule has 0 radical (unpaired) electrons. The summed E-state index contributed by atoms with van der Waals surface area (Å²) in [6.45, 7) is 0. The molecule has 2 rings (SSSR count). The van der Waals surface area contributed by atoms with E-state index in [4.69, 9.17) is 11.6 Å². The van der Waals surface area contributed by atoms with Crippen LogP contribution < -0.4 is 0 Å². The van der Waals surface area contributed by atoms with Gasteiger partial charge >= 0.3 is 5.97 Å². The van der Waals surface area contributed by atoms with Crippen molar-refractivity contribution in [3.63, 3.8) is 0 Å². The van der Waals surface area contributed by atoms with Crippen molar-refractivity contribution >= 4 is 17.6 Å². The number of H-pyrrole nitrogens is 1. The van der Waals surface area contributed by atoms with E-state index in [1.54, 1.807) is 12.1 Å². The monoisotopic (exact) mass is 266 g/mol. The maximum Gasteiger partial charge on any atom is 0.306 e. The number of aromatic nitrogens is 4. The molecular formula is C11H11ClN4O2. The molecule has 1 unspecified atom stereocenters. The molecule has 0 aliphatic carbocycles. The molecule has 6 nitrogen and oxygen atoms in total. The Labute approximate surface area is 108 Å². The zero-order valence-corrected chi connectivity index (χ0v) is 10.4. The highest BCUT2D eigenvalue weighted by atomic mass is 35.5. The standard InChI is InChI=1S/C11H11ClN4O2/c1-18-10(17)6-9(11-13-15-16-14-11)7-3-2-4-8(12)5-7/h2-5,9H,6H2,1H3,(H,13,14,15,16). The zero-order chi connectivity index (χ0) is 13.0. The molecule has 0 fully saturated rings. The average Bonchev–Trinajstić information content (AvgIpc) is 2.89. The topological polar surface area (TPSA) is 80.8 Å². The van der Waals surface area contributed by atoms with Crippen molar-refractivity contribution in [1.29, 1.82) is 0 Å². The lowest BCUT2D eigenvalue weighted by Crippen LogP contribution is -2.11. The van der Waals surface area contributed by atoms with E-state index in [0.717, 1.165) is 5.56 Å². The van der Waals surface area contributed by atoms with Crippen molar-refractivity contribution in [2.75, 3.05) is 7.11 Å². The lowest BCUT2D eigenvalue weighted by Gasteiger charge is -2.12. The zero-order valence-electron chi connectivity index (χ0n) is 9.63. The molecule has 18 heavy (non-hydrogen) atoms. The number of esters is 1.